The number of carbonyl (C=O) groups is 1. The predicted octanol–water partition coefficient (Wildman–Crippen LogP) is 3.03. The summed E-state index contributed by atoms with van der Waals surface area (Å²) in [5.41, 5.74) is 1.26. The lowest BCUT2D eigenvalue weighted by molar-refractivity contribution is -0.140. The normalized spacial score (nSPS) is 10.7. The third-order valence-electron chi connectivity index (χ3n) is 3.95. The van der Waals surface area contributed by atoms with Crippen LogP contribution in [-0.4, -0.2) is 52.3 Å². The highest BCUT2D eigenvalue weighted by Crippen LogP contribution is 2.12. The zero-order valence-electron chi connectivity index (χ0n) is 16.2. The smallest absolute Gasteiger partial charge is 0.305 e. The van der Waals surface area contributed by atoms with E-state index in [-0.39, 0.29) is 29.9 Å². The average Bonchev–Trinajstić information content (AvgIpc) is 2.66. The van der Waals surface area contributed by atoms with Crippen LogP contribution >= 0.6 is 24.0 Å². The fourth-order valence-electron chi connectivity index (χ4n) is 2.51. The van der Waals surface area contributed by atoms with E-state index in [0.717, 1.165) is 51.4 Å². The van der Waals surface area contributed by atoms with E-state index in [4.69, 9.17) is 0 Å². The quantitative estimate of drug-likeness (QED) is 0.169. The third-order valence-corrected chi connectivity index (χ3v) is 3.95. The molecule has 2 N–H and O–H groups in total. The number of ether oxygens (including phenoxy) is 1. The fraction of sp³-hybridized carbons (Fsp3) is 0.579. The number of aliphatic imine (C=N–C) groups is 1. The Bertz CT molecular complexity index is 512. The second kappa shape index (κ2) is 15.7. The van der Waals surface area contributed by atoms with E-state index in [2.05, 4.69) is 56.5 Å². The molecular weight excluding hydrogens is 443 g/mol. The summed E-state index contributed by atoms with van der Waals surface area (Å²) in [6, 6.07) is 10.5. The summed E-state index contributed by atoms with van der Waals surface area (Å²) in [4.78, 5) is 17.6. The molecule has 0 spiro atoms. The van der Waals surface area contributed by atoms with Crippen LogP contribution in [0, 0.1) is 0 Å². The number of methoxy groups -OCH3 is 1. The molecule has 0 aromatic heterocycles. The van der Waals surface area contributed by atoms with E-state index < -0.39 is 0 Å². The molecule has 0 heterocycles. The summed E-state index contributed by atoms with van der Waals surface area (Å²) >= 11 is 0. The fourth-order valence-corrected chi connectivity index (χ4v) is 2.51. The summed E-state index contributed by atoms with van der Waals surface area (Å²) in [5.74, 6) is 0.655. The molecule has 0 aliphatic rings. The van der Waals surface area contributed by atoms with Gasteiger partial charge in [-0.25, -0.2) is 0 Å². The average molecular weight is 476 g/mol. The van der Waals surface area contributed by atoms with Crippen molar-refractivity contribution >= 4 is 41.6 Å². The van der Waals surface area contributed by atoms with Gasteiger partial charge in [0.05, 0.1) is 7.11 Å². The summed E-state index contributed by atoms with van der Waals surface area (Å²) < 4.78 is 4.63. The van der Waals surface area contributed by atoms with Crippen LogP contribution in [0.25, 0.3) is 0 Å². The van der Waals surface area contributed by atoms with Gasteiger partial charge < -0.3 is 20.3 Å². The molecule has 0 bridgehead atoms. The monoisotopic (exact) mass is 476 g/mol. The Balaban J connectivity index is 0.00000625. The van der Waals surface area contributed by atoms with Crippen LogP contribution in [0.2, 0.25) is 0 Å². The SMILES string of the molecule is CCN(CCCNC(=NC)NCCCCC(=O)OC)c1ccccc1.I. The molecule has 0 radical (unpaired) electrons. The van der Waals surface area contributed by atoms with Crippen LogP contribution in [0.4, 0.5) is 5.69 Å². The van der Waals surface area contributed by atoms with Crippen molar-refractivity contribution in [3.05, 3.63) is 30.3 Å². The van der Waals surface area contributed by atoms with Crippen LogP contribution in [0.3, 0.4) is 0 Å². The van der Waals surface area contributed by atoms with Crippen LogP contribution in [0.15, 0.2) is 35.3 Å². The highest BCUT2D eigenvalue weighted by Gasteiger charge is 2.04. The van der Waals surface area contributed by atoms with Gasteiger partial charge in [0.1, 0.15) is 0 Å². The molecule has 148 valence electrons. The van der Waals surface area contributed by atoms with Gasteiger partial charge in [-0.3, -0.25) is 9.79 Å². The van der Waals surface area contributed by atoms with Crippen molar-refractivity contribution in [2.24, 2.45) is 4.99 Å². The third kappa shape index (κ3) is 10.5. The van der Waals surface area contributed by atoms with Gasteiger partial charge in [-0.05, 0) is 38.3 Å². The predicted molar refractivity (Wildman–Crippen MR) is 120 cm³/mol. The standard InChI is InChI=1S/C19H32N4O2.HI/c1-4-23(17-11-6-5-7-12-17)16-10-15-22-19(20-2)21-14-9-8-13-18(24)25-3;/h5-7,11-12H,4,8-10,13-16H2,1-3H3,(H2,20,21,22);1H. The number of hydrogen-bond donors (Lipinski definition) is 2. The summed E-state index contributed by atoms with van der Waals surface area (Å²) in [7, 11) is 3.19. The minimum Gasteiger partial charge on any atom is -0.469 e. The molecule has 7 heteroatoms. The summed E-state index contributed by atoms with van der Waals surface area (Å²) in [6.07, 6.45) is 3.23. The maximum Gasteiger partial charge on any atom is 0.305 e. The highest BCUT2D eigenvalue weighted by atomic mass is 127. The number of rotatable bonds is 11. The first-order chi connectivity index (χ1) is 12.2. The molecule has 0 unspecified atom stereocenters. The van der Waals surface area contributed by atoms with Gasteiger partial charge in [0.25, 0.3) is 0 Å². The molecular formula is C19H33IN4O2. The molecule has 0 fully saturated rings. The van der Waals surface area contributed by atoms with E-state index in [1.807, 2.05) is 6.07 Å². The summed E-state index contributed by atoms with van der Waals surface area (Å²) in [5, 5.41) is 6.60. The second-order valence-corrected chi connectivity index (χ2v) is 5.73. The maximum absolute atomic E-state index is 11.0. The number of guanidine groups is 1. The van der Waals surface area contributed by atoms with Gasteiger partial charge >= 0.3 is 5.97 Å². The zero-order chi connectivity index (χ0) is 18.3. The van der Waals surface area contributed by atoms with Crippen LogP contribution in [0.5, 0.6) is 0 Å². The largest absolute Gasteiger partial charge is 0.469 e. The summed E-state index contributed by atoms with van der Waals surface area (Å²) in [6.45, 7) is 5.84. The topological polar surface area (TPSA) is 66.0 Å². The molecule has 0 saturated heterocycles. The van der Waals surface area contributed by atoms with Crippen molar-refractivity contribution in [1.82, 2.24) is 10.6 Å². The van der Waals surface area contributed by atoms with Crippen molar-refractivity contribution in [3.8, 4) is 0 Å². The number of esters is 1. The van der Waals surface area contributed by atoms with Crippen LogP contribution in [-0.2, 0) is 9.53 Å². The molecule has 1 aromatic carbocycles. The Morgan fingerprint density at radius 2 is 1.77 bits per heavy atom. The number of nitrogens with zero attached hydrogens (tertiary/aromatic N) is 2. The maximum atomic E-state index is 11.0. The van der Waals surface area contributed by atoms with Gasteiger partial charge in [-0.15, -0.1) is 24.0 Å². The van der Waals surface area contributed by atoms with Crippen molar-refractivity contribution in [2.45, 2.75) is 32.6 Å². The number of halogens is 1. The van der Waals surface area contributed by atoms with Crippen molar-refractivity contribution in [2.75, 3.05) is 45.2 Å². The van der Waals surface area contributed by atoms with E-state index in [1.54, 1.807) is 7.05 Å². The number of carbonyl (C=O) groups excluding carboxylic acids is 1. The first-order valence-electron chi connectivity index (χ1n) is 9.02. The Labute approximate surface area is 174 Å². The van der Waals surface area contributed by atoms with Crippen LogP contribution < -0.4 is 15.5 Å². The lowest BCUT2D eigenvalue weighted by Crippen LogP contribution is -2.39. The number of unbranched alkanes of at least 4 members (excludes halogenated alkanes) is 1. The number of benzene rings is 1. The molecule has 1 rings (SSSR count). The molecule has 6 nitrogen and oxygen atoms in total. The van der Waals surface area contributed by atoms with Crippen LogP contribution in [0.1, 0.15) is 32.6 Å². The molecule has 0 amide bonds. The van der Waals surface area contributed by atoms with E-state index >= 15 is 0 Å². The molecule has 1 aromatic rings. The Morgan fingerprint density at radius 1 is 1.12 bits per heavy atom. The molecule has 0 atom stereocenters. The lowest BCUT2D eigenvalue weighted by Gasteiger charge is -2.23. The Hall–Kier alpha value is -1.51. The molecule has 0 aliphatic heterocycles. The van der Waals surface area contributed by atoms with Gasteiger partial charge in [0, 0.05) is 45.3 Å². The van der Waals surface area contributed by atoms with Crippen molar-refractivity contribution in [3.63, 3.8) is 0 Å². The minimum absolute atomic E-state index is 0. The number of nitrogens with one attached hydrogen (secondary N) is 2. The molecule has 0 saturated carbocycles. The number of para-hydroxylation sites is 1. The number of anilines is 1. The Morgan fingerprint density at radius 3 is 2.35 bits per heavy atom. The molecule has 26 heavy (non-hydrogen) atoms. The Kier molecular flexibility index (Phi) is 14.8. The van der Waals surface area contributed by atoms with Gasteiger partial charge in [-0.1, -0.05) is 18.2 Å². The first kappa shape index (κ1) is 24.5. The van der Waals surface area contributed by atoms with E-state index in [1.165, 1.54) is 12.8 Å². The van der Waals surface area contributed by atoms with E-state index in [0.29, 0.717) is 6.42 Å². The highest BCUT2D eigenvalue weighted by molar-refractivity contribution is 14.0. The minimum atomic E-state index is -0.151. The van der Waals surface area contributed by atoms with Crippen molar-refractivity contribution < 1.29 is 9.53 Å². The molecule has 0 aliphatic carbocycles. The number of hydrogen-bond acceptors (Lipinski definition) is 4. The first-order valence-corrected chi connectivity index (χ1v) is 9.02. The van der Waals surface area contributed by atoms with Gasteiger partial charge in [-0.2, -0.15) is 0 Å². The lowest BCUT2D eigenvalue weighted by atomic mass is 10.2. The van der Waals surface area contributed by atoms with Gasteiger partial charge in [0.2, 0.25) is 0 Å². The van der Waals surface area contributed by atoms with Crippen molar-refractivity contribution in [1.29, 1.82) is 0 Å². The van der Waals surface area contributed by atoms with E-state index in [9.17, 15) is 4.79 Å². The van der Waals surface area contributed by atoms with Gasteiger partial charge in [0.15, 0.2) is 5.96 Å². The zero-order valence-corrected chi connectivity index (χ0v) is 18.5. The second-order valence-electron chi connectivity index (χ2n) is 5.73.